The van der Waals surface area contributed by atoms with Gasteiger partial charge in [-0.3, -0.25) is 0 Å². The summed E-state index contributed by atoms with van der Waals surface area (Å²) < 4.78 is 2.03. The summed E-state index contributed by atoms with van der Waals surface area (Å²) in [7, 11) is 0. The van der Waals surface area contributed by atoms with E-state index in [2.05, 4.69) is 40.4 Å². The lowest BCUT2D eigenvalue weighted by molar-refractivity contribution is 0.829. The van der Waals surface area contributed by atoms with Gasteiger partial charge in [-0.05, 0) is 11.6 Å². The third-order valence-corrected chi connectivity index (χ3v) is 3.11. The predicted octanol–water partition coefficient (Wildman–Crippen LogP) is 2.16. The first kappa shape index (κ1) is 8.78. The highest BCUT2D eigenvalue weighted by atomic mass is 79.9. The molecule has 1 aromatic rings. The first-order valence-electron chi connectivity index (χ1n) is 4.25. The molecule has 0 spiro atoms. The largest absolute Gasteiger partial charge is 0.328 e. The lowest BCUT2D eigenvalue weighted by Gasteiger charge is -2.28. The van der Waals surface area contributed by atoms with Gasteiger partial charge in [0.1, 0.15) is 0 Å². The lowest BCUT2D eigenvalue weighted by atomic mass is 10.1. The van der Waals surface area contributed by atoms with E-state index in [0.717, 1.165) is 0 Å². The molecule has 13 heavy (non-hydrogen) atoms. The molecule has 68 valence electrons. The number of benzene rings is 1. The average molecular weight is 239 g/mol. The number of nitrogens with zero attached hydrogens (tertiary/aromatic N) is 1. The van der Waals surface area contributed by atoms with E-state index in [1.807, 2.05) is 16.1 Å². The molecule has 1 heterocycles. The number of nitrogens with two attached hydrogens (primary N) is 1. The standard InChI is InChI=1S/C10H11BrN2/c11-13-9(7-12)6-5-8-3-1-2-4-10(8)13/h1-6,9H,7,12H2. The fraction of sp³-hybridized carbons (Fsp3) is 0.200. The number of para-hydroxylation sites is 1. The summed E-state index contributed by atoms with van der Waals surface area (Å²) in [6.45, 7) is 0.621. The minimum atomic E-state index is 0.259. The first-order chi connectivity index (χ1) is 6.33. The van der Waals surface area contributed by atoms with Crippen LogP contribution in [0, 0.1) is 0 Å². The topological polar surface area (TPSA) is 29.3 Å². The molecule has 1 unspecified atom stereocenters. The zero-order valence-corrected chi connectivity index (χ0v) is 8.74. The van der Waals surface area contributed by atoms with E-state index in [4.69, 9.17) is 5.73 Å². The Morgan fingerprint density at radius 2 is 2.15 bits per heavy atom. The molecule has 0 amide bonds. The second kappa shape index (κ2) is 3.52. The second-order valence-corrected chi connectivity index (χ2v) is 3.80. The fourth-order valence-corrected chi connectivity index (χ4v) is 2.09. The molecule has 1 aliphatic heterocycles. The molecule has 0 fully saturated rings. The van der Waals surface area contributed by atoms with Gasteiger partial charge in [0.2, 0.25) is 0 Å². The van der Waals surface area contributed by atoms with E-state index in [-0.39, 0.29) is 6.04 Å². The Kier molecular flexibility index (Phi) is 2.38. The van der Waals surface area contributed by atoms with Gasteiger partial charge < -0.3 is 9.66 Å². The monoisotopic (exact) mass is 238 g/mol. The highest BCUT2D eigenvalue weighted by Crippen LogP contribution is 2.30. The van der Waals surface area contributed by atoms with Gasteiger partial charge in [-0.15, -0.1) is 0 Å². The molecular weight excluding hydrogens is 228 g/mol. The van der Waals surface area contributed by atoms with Crippen molar-refractivity contribution in [2.24, 2.45) is 5.73 Å². The Balaban J connectivity index is 2.42. The van der Waals surface area contributed by atoms with Crippen LogP contribution in [-0.2, 0) is 0 Å². The van der Waals surface area contributed by atoms with E-state index < -0.39 is 0 Å². The SMILES string of the molecule is NCC1C=Cc2ccccc2N1Br. The van der Waals surface area contributed by atoms with Gasteiger partial charge in [-0.25, -0.2) is 0 Å². The van der Waals surface area contributed by atoms with Gasteiger partial charge in [-0.2, -0.15) is 0 Å². The van der Waals surface area contributed by atoms with Crippen molar-refractivity contribution in [1.82, 2.24) is 0 Å². The summed E-state index contributed by atoms with van der Waals surface area (Å²) >= 11 is 3.52. The summed E-state index contributed by atoms with van der Waals surface area (Å²) in [4.78, 5) is 0. The molecule has 1 aromatic carbocycles. The summed E-state index contributed by atoms with van der Waals surface area (Å²) in [5.74, 6) is 0. The Morgan fingerprint density at radius 3 is 2.92 bits per heavy atom. The normalized spacial score (nSPS) is 20.2. The Labute approximate surface area is 86.4 Å². The average Bonchev–Trinajstić information content (AvgIpc) is 2.19. The molecule has 0 saturated carbocycles. The van der Waals surface area contributed by atoms with Crippen molar-refractivity contribution in [3.8, 4) is 0 Å². The van der Waals surface area contributed by atoms with Gasteiger partial charge >= 0.3 is 0 Å². The third kappa shape index (κ3) is 1.49. The predicted molar refractivity (Wildman–Crippen MR) is 59.7 cm³/mol. The summed E-state index contributed by atoms with van der Waals surface area (Å²) in [6.07, 6.45) is 4.22. The quantitative estimate of drug-likeness (QED) is 0.761. The van der Waals surface area contributed by atoms with Crippen LogP contribution in [0.15, 0.2) is 30.3 Å². The zero-order valence-electron chi connectivity index (χ0n) is 7.15. The van der Waals surface area contributed by atoms with Crippen LogP contribution in [0.2, 0.25) is 0 Å². The van der Waals surface area contributed by atoms with Gasteiger partial charge in [0.15, 0.2) is 0 Å². The minimum Gasteiger partial charge on any atom is -0.328 e. The summed E-state index contributed by atoms with van der Waals surface area (Å²) in [5, 5.41) is 0. The number of halogens is 1. The Morgan fingerprint density at radius 1 is 1.38 bits per heavy atom. The van der Waals surface area contributed by atoms with Crippen LogP contribution < -0.4 is 9.66 Å². The van der Waals surface area contributed by atoms with E-state index >= 15 is 0 Å². The third-order valence-electron chi connectivity index (χ3n) is 2.20. The zero-order chi connectivity index (χ0) is 9.26. The van der Waals surface area contributed by atoms with Gasteiger partial charge in [-0.1, -0.05) is 30.4 Å². The van der Waals surface area contributed by atoms with Crippen LogP contribution in [0.5, 0.6) is 0 Å². The van der Waals surface area contributed by atoms with Crippen LogP contribution in [-0.4, -0.2) is 12.6 Å². The fourth-order valence-electron chi connectivity index (χ4n) is 1.46. The Hall–Kier alpha value is -0.800. The van der Waals surface area contributed by atoms with Gasteiger partial charge in [0, 0.05) is 6.54 Å². The maximum absolute atomic E-state index is 5.63. The van der Waals surface area contributed by atoms with Crippen molar-refractivity contribution < 1.29 is 0 Å². The molecule has 0 radical (unpaired) electrons. The van der Waals surface area contributed by atoms with E-state index in [9.17, 15) is 0 Å². The maximum atomic E-state index is 5.63. The number of hydrogen-bond donors (Lipinski definition) is 1. The van der Waals surface area contributed by atoms with Crippen LogP contribution in [0.1, 0.15) is 5.56 Å². The molecule has 0 aromatic heterocycles. The number of anilines is 1. The molecule has 0 saturated heterocycles. The van der Waals surface area contributed by atoms with E-state index in [1.54, 1.807) is 0 Å². The molecule has 2 nitrogen and oxygen atoms in total. The molecule has 1 atom stereocenters. The van der Waals surface area contributed by atoms with Crippen molar-refractivity contribution in [2.75, 3.05) is 10.5 Å². The first-order valence-corrected chi connectivity index (χ1v) is 4.96. The second-order valence-electron chi connectivity index (χ2n) is 3.03. The molecule has 2 N–H and O–H groups in total. The van der Waals surface area contributed by atoms with Crippen molar-refractivity contribution >= 4 is 27.9 Å². The molecule has 0 bridgehead atoms. The van der Waals surface area contributed by atoms with Crippen molar-refractivity contribution in [2.45, 2.75) is 6.04 Å². The number of rotatable bonds is 1. The van der Waals surface area contributed by atoms with E-state index in [1.165, 1.54) is 11.3 Å². The van der Waals surface area contributed by atoms with Crippen LogP contribution >= 0.6 is 16.1 Å². The molecule has 3 heteroatoms. The van der Waals surface area contributed by atoms with Gasteiger partial charge in [0.25, 0.3) is 0 Å². The van der Waals surface area contributed by atoms with Crippen LogP contribution in [0.3, 0.4) is 0 Å². The van der Waals surface area contributed by atoms with Crippen molar-refractivity contribution in [3.05, 3.63) is 35.9 Å². The molecular formula is C10H11BrN2. The lowest BCUT2D eigenvalue weighted by Crippen LogP contribution is -2.33. The highest BCUT2D eigenvalue weighted by Gasteiger charge is 2.18. The molecule has 1 aliphatic rings. The number of fused-ring (bicyclic) bond motifs is 1. The highest BCUT2D eigenvalue weighted by molar-refractivity contribution is 9.10. The molecule has 2 rings (SSSR count). The minimum absolute atomic E-state index is 0.259. The Bertz CT molecular complexity index is 335. The van der Waals surface area contributed by atoms with Crippen LogP contribution in [0.4, 0.5) is 5.69 Å². The van der Waals surface area contributed by atoms with Crippen LogP contribution in [0.25, 0.3) is 6.08 Å². The van der Waals surface area contributed by atoms with E-state index in [0.29, 0.717) is 6.54 Å². The van der Waals surface area contributed by atoms with Gasteiger partial charge in [0.05, 0.1) is 27.9 Å². The molecule has 0 aliphatic carbocycles. The maximum Gasteiger partial charge on any atom is 0.0712 e. The number of hydrogen-bond acceptors (Lipinski definition) is 2. The summed E-state index contributed by atoms with van der Waals surface area (Å²) in [5.41, 5.74) is 8.03. The van der Waals surface area contributed by atoms with Crippen molar-refractivity contribution in [3.63, 3.8) is 0 Å². The summed E-state index contributed by atoms with van der Waals surface area (Å²) in [6, 6.07) is 8.49. The smallest absolute Gasteiger partial charge is 0.0712 e. The van der Waals surface area contributed by atoms with Crippen molar-refractivity contribution in [1.29, 1.82) is 0 Å².